The minimum Gasteiger partial charge on any atom is -0.450 e. The van der Waals surface area contributed by atoms with Crippen molar-refractivity contribution in [2.24, 2.45) is 0 Å². The van der Waals surface area contributed by atoms with Gasteiger partial charge in [-0.3, -0.25) is 9.59 Å². The van der Waals surface area contributed by atoms with Crippen LogP contribution in [-0.2, 0) is 0 Å². The average Bonchev–Trinajstić information content (AvgIpc) is 3.01. The third-order valence-corrected chi connectivity index (χ3v) is 5.59. The Kier molecular flexibility index (Phi) is 5.20. The molecule has 3 aromatic rings. The number of para-hydroxylation sites is 1. The lowest BCUT2D eigenvalue weighted by Gasteiger charge is -2.28. The van der Waals surface area contributed by atoms with Crippen molar-refractivity contribution in [2.75, 3.05) is 26.2 Å². The van der Waals surface area contributed by atoms with E-state index in [-0.39, 0.29) is 17.1 Å². The molecule has 1 unspecified atom stereocenters. The first-order valence-electron chi connectivity index (χ1n) is 9.89. The number of nitrogens with zero attached hydrogens (tertiary/aromatic N) is 2. The average molecular weight is 394 g/mol. The van der Waals surface area contributed by atoms with Gasteiger partial charge in [-0.05, 0) is 42.9 Å². The van der Waals surface area contributed by atoms with E-state index in [1.54, 1.807) is 41.3 Å². The number of hydrogen-bond acceptors (Lipinski definition) is 4. The highest BCUT2D eigenvalue weighted by molar-refractivity contribution is 5.99. The number of rotatable bonds is 6. The Morgan fingerprint density at radius 2 is 1.83 bits per heavy atom. The molecule has 0 radical (unpaired) electrons. The molecule has 0 saturated carbocycles. The molecule has 0 aliphatic carbocycles. The molecule has 2 aromatic carbocycles. The molecule has 0 N–H and O–H groups in total. The van der Waals surface area contributed by atoms with Gasteiger partial charge in [0.25, 0.3) is 5.91 Å². The van der Waals surface area contributed by atoms with Gasteiger partial charge in [-0.2, -0.15) is 0 Å². The molecule has 1 atom stereocenters. The Hall–Kier alpha value is -2.99. The van der Waals surface area contributed by atoms with Crippen molar-refractivity contribution in [3.63, 3.8) is 0 Å². The number of carbonyl (C=O) groups excluding carboxylic acids is 1. The van der Waals surface area contributed by atoms with E-state index in [1.165, 1.54) is 12.1 Å². The smallest absolute Gasteiger partial charge is 0.290 e. The van der Waals surface area contributed by atoms with Gasteiger partial charge < -0.3 is 14.2 Å². The molecule has 1 aliphatic heterocycles. The number of fused-ring (bicyclic) bond motifs is 2. The van der Waals surface area contributed by atoms with E-state index >= 15 is 0 Å². The minimum atomic E-state index is -0.662. The van der Waals surface area contributed by atoms with Gasteiger partial charge in [0.15, 0.2) is 5.43 Å². The highest BCUT2D eigenvalue weighted by atomic mass is 19.1. The SMILES string of the molecule is CCN(CC)CCN1C(=O)c2oc3ccccc3c(=O)c2C1c1cccc(F)c1. The van der Waals surface area contributed by atoms with Crippen molar-refractivity contribution >= 4 is 16.9 Å². The summed E-state index contributed by atoms with van der Waals surface area (Å²) in [5.41, 5.74) is 1.00. The number of hydrogen-bond donors (Lipinski definition) is 0. The van der Waals surface area contributed by atoms with Crippen LogP contribution in [0.1, 0.15) is 41.6 Å². The minimum absolute atomic E-state index is 0.0579. The molecule has 0 bridgehead atoms. The monoisotopic (exact) mass is 394 g/mol. The van der Waals surface area contributed by atoms with Crippen LogP contribution in [0.4, 0.5) is 4.39 Å². The van der Waals surface area contributed by atoms with Crippen molar-refractivity contribution < 1.29 is 13.6 Å². The van der Waals surface area contributed by atoms with Gasteiger partial charge in [-0.25, -0.2) is 4.39 Å². The normalized spacial score (nSPS) is 16.1. The van der Waals surface area contributed by atoms with Crippen molar-refractivity contribution in [1.29, 1.82) is 0 Å². The molecule has 4 rings (SSSR count). The van der Waals surface area contributed by atoms with Crippen LogP contribution in [-0.4, -0.2) is 41.9 Å². The highest BCUT2D eigenvalue weighted by Crippen LogP contribution is 2.38. The summed E-state index contributed by atoms with van der Waals surface area (Å²) < 4.78 is 19.9. The maximum absolute atomic E-state index is 14.0. The molecule has 2 heterocycles. The molecular formula is C23H23FN2O3. The molecule has 1 amide bonds. The van der Waals surface area contributed by atoms with Crippen LogP contribution in [0, 0.1) is 5.82 Å². The van der Waals surface area contributed by atoms with Gasteiger partial charge in [-0.15, -0.1) is 0 Å². The molecule has 1 aromatic heterocycles. The number of likely N-dealkylation sites (N-methyl/N-ethyl adjacent to an activating group) is 1. The van der Waals surface area contributed by atoms with Crippen LogP contribution in [0.25, 0.3) is 11.0 Å². The van der Waals surface area contributed by atoms with Gasteiger partial charge in [0.1, 0.15) is 11.4 Å². The Morgan fingerprint density at radius 3 is 2.55 bits per heavy atom. The van der Waals surface area contributed by atoms with Crippen LogP contribution < -0.4 is 5.43 Å². The Labute approximate surface area is 168 Å². The fourth-order valence-electron chi connectivity index (χ4n) is 4.01. The van der Waals surface area contributed by atoms with Crippen LogP contribution in [0.2, 0.25) is 0 Å². The summed E-state index contributed by atoms with van der Waals surface area (Å²) in [6.45, 7) is 6.92. The lowest BCUT2D eigenvalue weighted by Crippen LogP contribution is -2.37. The van der Waals surface area contributed by atoms with Crippen molar-refractivity contribution in [3.8, 4) is 0 Å². The fraction of sp³-hybridized carbons (Fsp3) is 0.304. The lowest BCUT2D eigenvalue weighted by atomic mass is 9.98. The summed E-state index contributed by atoms with van der Waals surface area (Å²) in [5.74, 6) is -0.677. The number of amides is 1. The second-order valence-corrected chi connectivity index (χ2v) is 7.15. The largest absolute Gasteiger partial charge is 0.450 e. The summed E-state index contributed by atoms with van der Waals surface area (Å²) >= 11 is 0. The number of benzene rings is 2. The molecule has 6 heteroatoms. The molecule has 1 aliphatic rings. The Morgan fingerprint density at radius 1 is 1.07 bits per heavy atom. The van der Waals surface area contributed by atoms with E-state index in [0.29, 0.717) is 35.2 Å². The predicted molar refractivity (Wildman–Crippen MR) is 110 cm³/mol. The summed E-state index contributed by atoms with van der Waals surface area (Å²) in [6, 6.07) is 12.3. The first-order valence-corrected chi connectivity index (χ1v) is 9.89. The van der Waals surface area contributed by atoms with Crippen LogP contribution >= 0.6 is 0 Å². The van der Waals surface area contributed by atoms with E-state index in [4.69, 9.17) is 4.42 Å². The number of halogens is 1. The van der Waals surface area contributed by atoms with Gasteiger partial charge in [0.2, 0.25) is 5.76 Å². The van der Waals surface area contributed by atoms with Crippen LogP contribution in [0.5, 0.6) is 0 Å². The maximum atomic E-state index is 14.0. The molecule has 29 heavy (non-hydrogen) atoms. The zero-order chi connectivity index (χ0) is 20.5. The highest BCUT2D eigenvalue weighted by Gasteiger charge is 2.42. The molecular weight excluding hydrogens is 371 g/mol. The second kappa shape index (κ2) is 7.79. The quantitative estimate of drug-likeness (QED) is 0.638. The topological polar surface area (TPSA) is 53.8 Å². The zero-order valence-corrected chi connectivity index (χ0v) is 16.5. The summed E-state index contributed by atoms with van der Waals surface area (Å²) in [7, 11) is 0. The van der Waals surface area contributed by atoms with Crippen molar-refractivity contribution in [3.05, 3.63) is 81.5 Å². The van der Waals surface area contributed by atoms with Gasteiger partial charge in [0, 0.05) is 13.1 Å². The molecule has 5 nitrogen and oxygen atoms in total. The van der Waals surface area contributed by atoms with Gasteiger partial charge >= 0.3 is 0 Å². The van der Waals surface area contributed by atoms with E-state index in [1.807, 2.05) is 0 Å². The van der Waals surface area contributed by atoms with Crippen LogP contribution in [0.15, 0.2) is 57.7 Å². The fourth-order valence-corrected chi connectivity index (χ4v) is 4.01. The molecule has 0 saturated heterocycles. The third-order valence-electron chi connectivity index (χ3n) is 5.59. The van der Waals surface area contributed by atoms with E-state index < -0.39 is 11.9 Å². The van der Waals surface area contributed by atoms with Crippen molar-refractivity contribution in [2.45, 2.75) is 19.9 Å². The third kappa shape index (κ3) is 3.34. The first-order chi connectivity index (χ1) is 14.0. The second-order valence-electron chi connectivity index (χ2n) is 7.15. The van der Waals surface area contributed by atoms with E-state index in [2.05, 4.69) is 18.7 Å². The van der Waals surface area contributed by atoms with Gasteiger partial charge in [-0.1, -0.05) is 38.1 Å². The van der Waals surface area contributed by atoms with E-state index in [9.17, 15) is 14.0 Å². The zero-order valence-electron chi connectivity index (χ0n) is 16.5. The van der Waals surface area contributed by atoms with Gasteiger partial charge in [0.05, 0.1) is 17.0 Å². The maximum Gasteiger partial charge on any atom is 0.290 e. The Balaban J connectivity index is 1.87. The molecule has 0 fully saturated rings. The molecule has 0 spiro atoms. The Bertz CT molecular complexity index is 1120. The summed E-state index contributed by atoms with van der Waals surface area (Å²) in [4.78, 5) is 30.3. The van der Waals surface area contributed by atoms with E-state index in [0.717, 1.165) is 13.1 Å². The first kappa shape index (κ1) is 19.3. The summed E-state index contributed by atoms with van der Waals surface area (Å²) in [5, 5.41) is 0.422. The van der Waals surface area contributed by atoms with Crippen LogP contribution in [0.3, 0.4) is 0 Å². The standard InChI is InChI=1S/C23H23FN2O3/c1-3-25(4-2)12-13-26-20(15-8-7-9-16(24)14-15)19-21(27)17-10-5-6-11-18(17)29-22(19)23(26)28/h5-11,14,20H,3-4,12-13H2,1-2H3. The van der Waals surface area contributed by atoms with Crippen molar-refractivity contribution in [1.82, 2.24) is 9.80 Å². The summed E-state index contributed by atoms with van der Waals surface area (Å²) in [6.07, 6.45) is 0. The number of carbonyl (C=O) groups is 1. The predicted octanol–water partition coefficient (Wildman–Crippen LogP) is 3.82. The lowest BCUT2D eigenvalue weighted by molar-refractivity contribution is 0.0708. The molecule has 150 valence electrons.